The summed E-state index contributed by atoms with van der Waals surface area (Å²) in [5, 5.41) is 0. The number of rotatable bonds is 9. The van der Waals surface area contributed by atoms with Gasteiger partial charge < -0.3 is 23.7 Å². The molecule has 2 N–H and O–H groups in total. The van der Waals surface area contributed by atoms with E-state index in [1.807, 2.05) is 0 Å². The quantitative estimate of drug-likeness (QED) is 0.442. The van der Waals surface area contributed by atoms with E-state index in [1.165, 1.54) is 0 Å². The van der Waals surface area contributed by atoms with Crippen LogP contribution in [0.1, 0.15) is 6.42 Å². The topological polar surface area (TPSA) is 80.0 Å². The van der Waals surface area contributed by atoms with Crippen LogP contribution in [-0.2, 0) is 22.8 Å². The third-order valence-corrected chi connectivity index (χ3v) is 4.66. The van der Waals surface area contributed by atoms with E-state index in [4.69, 9.17) is 23.7 Å². The number of carbonyl (C=O) groups is 1. The minimum absolute atomic E-state index is 0.224. The van der Waals surface area contributed by atoms with Crippen molar-refractivity contribution in [1.29, 1.82) is 0 Å². The summed E-state index contributed by atoms with van der Waals surface area (Å²) in [5.41, 5.74) is 4.95. The first kappa shape index (κ1) is 14.5. The van der Waals surface area contributed by atoms with Crippen molar-refractivity contribution in [2.45, 2.75) is 12.5 Å². The minimum Gasteiger partial charge on any atom is -0.381 e. The van der Waals surface area contributed by atoms with Gasteiger partial charge in [-0.1, -0.05) is 0 Å². The molecule has 0 bridgehead atoms. The van der Waals surface area contributed by atoms with Crippen molar-refractivity contribution in [1.82, 2.24) is 0 Å². The summed E-state index contributed by atoms with van der Waals surface area (Å²) in [4.78, 5) is 10.4. The molecule has 0 aliphatic carbocycles. The monoisotopic (exact) mass is 237 g/mol. The largest absolute Gasteiger partial charge is 0.502 e. The lowest BCUT2D eigenvalue weighted by Crippen LogP contribution is -2.43. The summed E-state index contributed by atoms with van der Waals surface area (Å²) in [6, 6.07) is 0.551. The highest BCUT2D eigenvalue weighted by molar-refractivity contribution is 6.60. The van der Waals surface area contributed by atoms with Gasteiger partial charge in [0.1, 0.15) is 0 Å². The van der Waals surface area contributed by atoms with E-state index in [0.717, 1.165) is 0 Å². The van der Waals surface area contributed by atoms with Crippen molar-refractivity contribution >= 4 is 14.7 Å². The lowest BCUT2D eigenvalue weighted by atomic mass is 10.4. The average Bonchev–Trinajstić information content (AvgIpc) is 2.24. The van der Waals surface area contributed by atoms with Crippen LogP contribution in [0.3, 0.4) is 0 Å². The Bertz CT molecular complexity index is 178. The van der Waals surface area contributed by atoms with Crippen molar-refractivity contribution in [2.24, 2.45) is 5.73 Å². The summed E-state index contributed by atoms with van der Waals surface area (Å²) in [5.74, 6) is -0.372. The highest BCUT2D eigenvalue weighted by Crippen LogP contribution is 2.12. The summed E-state index contributed by atoms with van der Waals surface area (Å²) in [7, 11) is 2.10. The first-order valence-electron chi connectivity index (χ1n) is 4.61. The molecule has 0 spiro atoms. The molecule has 0 unspecified atom stereocenters. The van der Waals surface area contributed by atoms with Gasteiger partial charge in [0.05, 0.1) is 13.2 Å². The maximum Gasteiger partial charge on any atom is 0.502 e. The Morgan fingerprint density at radius 2 is 1.67 bits per heavy atom. The number of carbonyl (C=O) groups excluding carboxylic acids is 1. The number of hydrogen-bond donors (Lipinski definition) is 1. The van der Waals surface area contributed by atoms with Crippen LogP contribution >= 0.6 is 0 Å². The normalized spacial score (nSPS) is 11.7. The smallest absolute Gasteiger partial charge is 0.381 e. The first-order valence-corrected chi connectivity index (χ1v) is 6.55. The van der Waals surface area contributed by atoms with Gasteiger partial charge in [-0.2, -0.15) is 0 Å². The molecular formula is C8H19NO5Si. The maximum absolute atomic E-state index is 10.4. The van der Waals surface area contributed by atoms with Crippen molar-refractivity contribution < 1.29 is 22.8 Å². The molecule has 0 atom stereocenters. The second kappa shape index (κ2) is 7.77. The molecule has 0 radical (unpaired) electrons. The molecule has 15 heavy (non-hydrogen) atoms. The Morgan fingerprint density at radius 3 is 2.07 bits per heavy atom. The van der Waals surface area contributed by atoms with E-state index in [2.05, 4.69) is 0 Å². The van der Waals surface area contributed by atoms with Gasteiger partial charge in [-0.05, 0) is 0 Å². The first-order chi connectivity index (χ1) is 7.10. The second-order valence-electron chi connectivity index (χ2n) is 2.87. The SMILES string of the molecule is CO[Si](CCOCCC(N)=O)(OC)OC. The molecule has 90 valence electrons. The van der Waals surface area contributed by atoms with Gasteiger partial charge in [0, 0.05) is 33.8 Å². The van der Waals surface area contributed by atoms with Crippen molar-refractivity contribution in [2.75, 3.05) is 34.5 Å². The summed E-state index contributed by atoms with van der Waals surface area (Å²) >= 11 is 0. The lowest BCUT2D eigenvalue weighted by molar-refractivity contribution is -0.119. The lowest BCUT2D eigenvalue weighted by Gasteiger charge is -2.23. The van der Waals surface area contributed by atoms with Crippen LogP contribution < -0.4 is 5.73 Å². The van der Waals surface area contributed by atoms with E-state index in [1.54, 1.807) is 21.3 Å². The van der Waals surface area contributed by atoms with Gasteiger partial charge in [-0.25, -0.2) is 0 Å². The third kappa shape index (κ3) is 5.85. The van der Waals surface area contributed by atoms with E-state index < -0.39 is 8.80 Å². The summed E-state index contributed by atoms with van der Waals surface area (Å²) in [6.07, 6.45) is 0.224. The van der Waals surface area contributed by atoms with Crippen LogP contribution in [0, 0.1) is 0 Å². The van der Waals surface area contributed by atoms with Crippen LogP contribution in [-0.4, -0.2) is 49.3 Å². The van der Waals surface area contributed by atoms with Crippen molar-refractivity contribution in [3.63, 3.8) is 0 Å². The molecule has 0 heterocycles. The standard InChI is InChI=1S/C8H19NO5Si/c1-11-15(12-2,13-3)7-6-14-5-4-8(9)10/h4-7H2,1-3H3,(H2,9,10). The Kier molecular flexibility index (Phi) is 7.53. The molecule has 0 saturated carbocycles. The van der Waals surface area contributed by atoms with Crippen LogP contribution in [0.25, 0.3) is 0 Å². The van der Waals surface area contributed by atoms with E-state index >= 15 is 0 Å². The fraction of sp³-hybridized carbons (Fsp3) is 0.875. The molecule has 0 aliphatic rings. The van der Waals surface area contributed by atoms with Gasteiger partial charge >= 0.3 is 8.80 Å². The van der Waals surface area contributed by atoms with Crippen molar-refractivity contribution in [3.8, 4) is 0 Å². The molecule has 0 aromatic carbocycles. The van der Waals surface area contributed by atoms with Gasteiger partial charge in [0.15, 0.2) is 0 Å². The Labute approximate surface area is 91.0 Å². The van der Waals surface area contributed by atoms with Crippen LogP contribution in [0.15, 0.2) is 0 Å². The number of hydrogen-bond acceptors (Lipinski definition) is 5. The van der Waals surface area contributed by atoms with Gasteiger partial charge in [0.2, 0.25) is 5.91 Å². The average molecular weight is 237 g/mol. The number of amides is 1. The van der Waals surface area contributed by atoms with Gasteiger partial charge in [-0.15, -0.1) is 0 Å². The molecule has 1 amide bonds. The molecule has 0 saturated heterocycles. The highest BCUT2D eigenvalue weighted by Gasteiger charge is 2.37. The number of nitrogens with two attached hydrogens (primary N) is 1. The molecule has 0 fully saturated rings. The van der Waals surface area contributed by atoms with E-state index in [9.17, 15) is 4.79 Å². The predicted octanol–water partition coefficient (Wildman–Crippen LogP) is -0.243. The molecule has 0 rings (SSSR count). The molecular weight excluding hydrogens is 218 g/mol. The van der Waals surface area contributed by atoms with E-state index in [-0.39, 0.29) is 12.3 Å². The molecule has 7 heteroatoms. The van der Waals surface area contributed by atoms with E-state index in [0.29, 0.717) is 19.3 Å². The van der Waals surface area contributed by atoms with Crippen LogP contribution in [0.2, 0.25) is 6.04 Å². The van der Waals surface area contributed by atoms with Crippen molar-refractivity contribution in [3.05, 3.63) is 0 Å². The highest BCUT2D eigenvalue weighted by atomic mass is 28.4. The molecule has 0 aliphatic heterocycles. The zero-order chi connectivity index (χ0) is 11.7. The second-order valence-corrected chi connectivity index (χ2v) is 5.96. The zero-order valence-corrected chi connectivity index (χ0v) is 10.4. The third-order valence-electron chi connectivity index (χ3n) is 1.98. The van der Waals surface area contributed by atoms with Crippen LogP contribution in [0.4, 0.5) is 0 Å². The van der Waals surface area contributed by atoms with Gasteiger partial charge in [0.25, 0.3) is 0 Å². The predicted molar refractivity (Wildman–Crippen MR) is 56.2 cm³/mol. The molecule has 0 aromatic heterocycles. The molecule has 6 nitrogen and oxygen atoms in total. The fourth-order valence-electron chi connectivity index (χ4n) is 1.03. The number of primary amides is 1. The van der Waals surface area contributed by atoms with Crippen LogP contribution in [0.5, 0.6) is 0 Å². The molecule has 0 aromatic rings. The minimum atomic E-state index is -2.54. The summed E-state index contributed by atoms with van der Waals surface area (Å²) in [6.45, 7) is 0.742. The summed E-state index contributed by atoms with van der Waals surface area (Å²) < 4.78 is 20.8. The Hall–Kier alpha value is -0.473. The maximum atomic E-state index is 10.4. The zero-order valence-electron chi connectivity index (χ0n) is 9.45. The van der Waals surface area contributed by atoms with Gasteiger partial charge in [-0.3, -0.25) is 4.79 Å². The number of ether oxygens (including phenoxy) is 1. The Balaban J connectivity index is 3.67. The Morgan fingerprint density at radius 1 is 1.13 bits per heavy atom. The fourth-order valence-corrected chi connectivity index (χ4v) is 2.53.